The van der Waals surface area contributed by atoms with Crippen LogP contribution in [-0.4, -0.2) is 39.4 Å². The molecule has 1 aliphatic rings. The van der Waals surface area contributed by atoms with E-state index in [1.807, 2.05) is 0 Å². The van der Waals surface area contributed by atoms with Crippen LogP contribution in [0.1, 0.15) is 24.5 Å². The lowest BCUT2D eigenvalue weighted by molar-refractivity contribution is 0.183. The summed E-state index contributed by atoms with van der Waals surface area (Å²) >= 11 is 0. The maximum atomic E-state index is 5.66. The number of anilines is 1. The normalized spacial score (nSPS) is 22.2. The van der Waals surface area contributed by atoms with Gasteiger partial charge in [-0.05, 0) is 38.4 Å². The van der Waals surface area contributed by atoms with Gasteiger partial charge in [-0.1, -0.05) is 24.6 Å². The van der Waals surface area contributed by atoms with Crippen LogP contribution in [0, 0.1) is 19.8 Å². The van der Waals surface area contributed by atoms with E-state index in [0.29, 0.717) is 12.0 Å². The minimum absolute atomic E-state index is 0.503. The number of rotatable bonds is 6. The van der Waals surface area contributed by atoms with Gasteiger partial charge < -0.3 is 15.0 Å². The molecule has 0 bridgehead atoms. The highest BCUT2D eigenvalue weighted by atomic mass is 16.5. The van der Waals surface area contributed by atoms with E-state index in [0.717, 1.165) is 26.3 Å². The summed E-state index contributed by atoms with van der Waals surface area (Å²) in [5, 5.41) is 3.61. The van der Waals surface area contributed by atoms with Crippen LogP contribution in [0.5, 0.6) is 0 Å². The summed E-state index contributed by atoms with van der Waals surface area (Å²) in [6.45, 7) is 10.4. The van der Waals surface area contributed by atoms with Gasteiger partial charge in [-0.2, -0.15) is 0 Å². The second-order valence-corrected chi connectivity index (χ2v) is 6.03. The molecule has 0 aliphatic carbocycles. The molecule has 0 aromatic heterocycles. The molecule has 20 heavy (non-hydrogen) atoms. The van der Waals surface area contributed by atoms with Crippen molar-refractivity contribution >= 4 is 5.69 Å². The molecule has 2 rings (SSSR count). The number of benzene rings is 1. The van der Waals surface area contributed by atoms with E-state index >= 15 is 0 Å². The zero-order valence-electron chi connectivity index (χ0n) is 13.3. The smallest absolute Gasteiger partial charge is 0.0624 e. The standard InChI is InChI=1S/C17H28N2O/c1-5-8-18-16-12-20-11-15(16)10-19(4)17-7-6-13(2)9-14(17)3/h6-7,9,15-16,18H,5,8,10-12H2,1-4H3. The van der Waals surface area contributed by atoms with Gasteiger partial charge in [0.2, 0.25) is 0 Å². The second kappa shape index (κ2) is 7.09. The summed E-state index contributed by atoms with van der Waals surface area (Å²) in [7, 11) is 2.19. The van der Waals surface area contributed by atoms with E-state index in [2.05, 4.69) is 56.2 Å². The number of hydrogen-bond acceptors (Lipinski definition) is 3. The third-order valence-corrected chi connectivity index (χ3v) is 4.13. The van der Waals surface area contributed by atoms with E-state index in [1.165, 1.54) is 23.2 Å². The van der Waals surface area contributed by atoms with Crippen molar-refractivity contribution in [3.63, 3.8) is 0 Å². The van der Waals surface area contributed by atoms with Crippen molar-refractivity contribution in [2.45, 2.75) is 33.2 Å². The van der Waals surface area contributed by atoms with Crippen LogP contribution in [0.2, 0.25) is 0 Å². The minimum atomic E-state index is 0.503. The van der Waals surface area contributed by atoms with Crippen molar-refractivity contribution in [3.05, 3.63) is 29.3 Å². The molecule has 1 heterocycles. The molecule has 1 aromatic rings. The van der Waals surface area contributed by atoms with Gasteiger partial charge in [0.15, 0.2) is 0 Å². The predicted octanol–water partition coefficient (Wildman–Crippen LogP) is 2.75. The highest BCUT2D eigenvalue weighted by molar-refractivity contribution is 5.53. The lowest BCUT2D eigenvalue weighted by Gasteiger charge is -2.27. The van der Waals surface area contributed by atoms with Crippen molar-refractivity contribution < 1.29 is 4.74 Å². The molecule has 1 aromatic carbocycles. The van der Waals surface area contributed by atoms with Crippen LogP contribution >= 0.6 is 0 Å². The lowest BCUT2D eigenvalue weighted by Crippen LogP contribution is -2.41. The first-order chi connectivity index (χ1) is 9.61. The summed E-state index contributed by atoms with van der Waals surface area (Å²) in [6.07, 6.45) is 1.18. The van der Waals surface area contributed by atoms with Crippen molar-refractivity contribution in [2.24, 2.45) is 5.92 Å². The molecule has 2 atom stereocenters. The Labute approximate surface area is 123 Å². The van der Waals surface area contributed by atoms with E-state index < -0.39 is 0 Å². The molecule has 3 nitrogen and oxygen atoms in total. The van der Waals surface area contributed by atoms with Crippen molar-refractivity contribution in [1.82, 2.24) is 5.32 Å². The topological polar surface area (TPSA) is 24.5 Å². The zero-order chi connectivity index (χ0) is 14.5. The average molecular weight is 276 g/mol. The number of hydrogen-bond donors (Lipinski definition) is 1. The first kappa shape index (κ1) is 15.3. The molecular formula is C17H28N2O. The van der Waals surface area contributed by atoms with E-state index in [9.17, 15) is 0 Å². The highest BCUT2D eigenvalue weighted by Crippen LogP contribution is 2.23. The molecule has 112 valence electrons. The van der Waals surface area contributed by atoms with Crippen molar-refractivity contribution in [1.29, 1.82) is 0 Å². The Balaban J connectivity index is 1.97. The van der Waals surface area contributed by atoms with Gasteiger partial charge in [0.05, 0.1) is 13.2 Å². The van der Waals surface area contributed by atoms with E-state index in [-0.39, 0.29) is 0 Å². The quantitative estimate of drug-likeness (QED) is 0.864. The van der Waals surface area contributed by atoms with Crippen molar-refractivity contribution in [2.75, 3.05) is 38.3 Å². The molecule has 1 N–H and O–H groups in total. The second-order valence-electron chi connectivity index (χ2n) is 6.03. The van der Waals surface area contributed by atoms with E-state index in [1.54, 1.807) is 0 Å². The first-order valence-electron chi connectivity index (χ1n) is 7.71. The highest BCUT2D eigenvalue weighted by Gasteiger charge is 2.28. The predicted molar refractivity (Wildman–Crippen MR) is 85.6 cm³/mol. The summed E-state index contributed by atoms with van der Waals surface area (Å²) < 4.78 is 5.66. The molecule has 3 heteroatoms. The maximum absolute atomic E-state index is 5.66. The van der Waals surface area contributed by atoms with Crippen LogP contribution in [-0.2, 0) is 4.74 Å². The fourth-order valence-electron chi connectivity index (χ4n) is 3.02. The van der Waals surface area contributed by atoms with Gasteiger partial charge >= 0.3 is 0 Å². The third-order valence-electron chi connectivity index (χ3n) is 4.13. The van der Waals surface area contributed by atoms with Gasteiger partial charge in [0, 0.05) is 31.2 Å². The molecule has 0 saturated carbocycles. The van der Waals surface area contributed by atoms with Gasteiger partial charge in [0.25, 0.3) is 0 Å². The SMILES string of the molecule is CCCNC1COCC1CN(C)c1ccc(C)cc1C. The van der Waals surface area contributed by atoms with Crippen LogP contribution in [0.3, 0.4) is 0 Å². The Bertz CT molecular complexity index is 433. The fourth-order valence-corrected chi connectivity index (χ4v) is 3.02. The Hall–Kier alpha value is -1.06. The molecular weight excluding hydrogens is 248 g/mol. The average Bonchev–Trinajstić information content (AvgIpc) is 2.83. The van der Waals surface area contributed by atoms with Crippen LogP contribution in [0.15, 0.2) is 18.2 Å². The summed E-state index contributed by atoms with van der Waals surface area (Å²) in [4.78, 5) is 2.37. The molecule has 2 unspecified atom stereocenters. The third kappa shape index (κ3) is 3.74. The minimum Gasteiger partial charge on any atom is -0.379 e. The van der Waals surface area contributed by atoms with Crippen molar-refractivity contribution in [3.8, 4) is 0 Å². The molecule has 1 aliphatic heterocycles. The van der Waals surface area contributed by atoms with Gasteiger partial charge in [-0.15, -0.1) is 0 Å². The first-order valence-corrected chi connectivity index (χ1v) is 7.71. The molecule has 0 radical (unpaired) electrons. The Morgan fingerprint density at radius 3 is 2.80 bits per heavy atom. The van der Waals surface area contributed by atoms with Gasteiger partial charge in [0.1, 0.15) is 0 Å². The fraction of sp³-hybridized carbons (Fsp3) is 0.647. The van der Waals surface area contributed by atoms with Crippen LogP contribution < -0.4 is 10.2 Å². The Morgan fingerprint density at radius 1 is 1.30 bits per heavy atom. The molecule has 0 amide bonds. The van der Waals surface area contributed by atoms with Crippen LogP contribution in [0.25, 0.3) is 0 Å². The zero-order valence-corrected chi connectivity index (χ0v) is 13.3. The largest absolute Gasteiger partial charge is 0.379 e. The maximum Gasteiger partial charge on any atom is 0.0624 e. The number of nitrogens with one attached hydrogen (secondary N) is 1. The summed E-state index contributed by atoms with van der Waals surface area (Å²) in [5.74, 6) is 0.576. The Morgan fingerprint density at radius 2 is 2.10 bits per heavy atom. The lowest BCUT2D eigenvalue weighted by atomic mass is 10.0. The van der Waals surface area contributed by atoms with E-state index in [4.69, 9.17) is 4.74 Å². The summed E-state index contributed by atoms with van der Waals surface area (Å²) in [5.41, 5.74) is 4.01. The molecule has 0 spiro atoms. The van der Waals surface area contributed by atoms with Gasteiger partial charge in [-0.25, -0.2) is 0 Å². The van der Waals surface area contributed by atoms with Crippen LogP contribution in [0.4, 0.5) is 5.69 Å². The Kier molecular flexibility index (Phi) is 5.44. The summed E-state index contributed by atoms with van der Waals surface area (Å²) in [6, 6.07) is 7.18. The van der Waals surface area contributed by atoms with Gasteiger partial charge in [-0.3, -0.25) is 0 Å². The molecule has 1 fully saturated rings. The number of ether oxygens (including phenoxy) is 1. The monoisotopic (exact) mass is 276 g/mol. The number of nitrogens with zero attached hydrogens (tertiary/aromatic N) is 1. The molecule has 1 saturated heterocycles. The number of aryl methyl sites for hydroxylation is 2.